The first-order valence-corrected chi connectivity index (χ1v) is 10.00. The van der Waals surface area contributed by atoms with E-state index in [4.69, 9.17) is 0 Å². The number of piperazine rings is 1. The molecule has 0 atom stereocenters. The lowest BCUT2D eigenvalue weighted by Gasteiger charge is -2.36. The Balaban J connectivity index is 1.29. The Morgan fingerprint density at radius 3 is 2.39 bits per heavy atom. The normalized spacial score (nSPS) is 18.1. The lowest BCUT2D eigenvalue weighted by Crippen LogP contribution is -2.54. The summed E-state index contributed by atoms with van der Waals surface area (Å²) in [5, 5.41) is 3.15. The van der Waals surface area contributed by atoms with E-state index in [-0.39, 0.29) is 11.9 Å². The van der Waals surface area contributed by atoms with Crippen LogP contribution in [0.2, 0.25) is 0 Å². The Labute approximate surface area is 164 Å². The summed E-state index contributed by atoms with van der Waals surface area (Å²) in [5.41, 5.74) is 0.559. The minimum absolute atomic E-state index is 0.00495. The van der Waals surface area contributed by atoms with E-state index in [0.29, 0.717) is 37.8 Å². The Hall–Kier alpha value is -2.90. The molecule has 2 aromatic heterocycles. The Morgan fingerprint density at radius 1 is 1.00 bits per heavy atom. The van der Waals surface area contributed by atoms with Gasteiger partial charge in [0.15, 0.2) is 0 Å². The fraction of sp³-hybridized carbons (Fsp3) is 0.500. The van der Waals surface area contributed by atoms with Gasteiger partial charge in [0.05, 0.1) is 5.56 Å². The molecule has 0 radical (unpaired) electrons. The maximum absolute atomic E-state index is 12.7. The van der Waals surface area contributed by atoms with Crippen LogP contribution in [0.25, 0.3) is 5.82 Å². The quantitative estimate of drug-likeness (QED) is 0.881. The van der Waals surface area contributed by atoms with Crippen LogP contribution in [-0.4, -0.2) is 68.5 Å². The fourth-order valence-corrected chi connectivity index (χ4v) is 3.87. The molecule has 148 valence electrons. The lowest BCUT2D eigenvalue weighted by molar-refractivity contribution is 0.0662. The molecule has 3 heterocycles. The molecular formula is C20H26N6O2. The van der Waals surface area contributed by atoms with Gasteiger partial charge in [0.2, 0.25) is 0 Å². The zero-order valence-electron chi connectivity index (χ0n) is 16.0. The van der Waals surface area contributed by atoms with Crippen LogP contribution in [0.1, 0.15) is 42.5 Å². The van der Waals surface area contributed by atoms with Crippen LogP contribution in [0.3, 0.4) is 0 Å². The summed E-state index contributed by atoms with van der Waals surface area (Å²) in [6.45, 7) is 2.20. The molecule has 28 heavy (non-hydrogen) atoms. The number of hydrogen-bond acceptors (Lipinski definition) is 4. The van der Waals surface area contributed by atoms with Crippen molar-refractivity contribution in [3.8, 4) is 5.82 Å². The van der Waals surface area contributed by atoms with Crippen LogP contribution in [-0.2, 0) is 0 Å². The van der Waals surface area contributed by atoms with Crippen LogP contribution >= 0.6 is 0 Å². The maximum Gasteiger partial charge on any atom is 0.317 e. The predicted molar refractivity (Wildman–Crippen MR) is 104 cm³/mol. The van der Waals surface area contributed by atoms with E-state index < -0.39 is 0 Å². The first-order chi connectivity index (χ1) is 13.7. The van der Waals surface area contributed by atoms with E-state index in [1.54, 1.807) is 40.5 Å². The van der Waals surface area contributed by atoms with Gasteiger partial charge >= 0.3 is 6.03 Å². The summed E-state index contributed by atoms with van der Waals surface area (Å²) in [6, 6.07) is 3.90. The molecule has 8 heteroatoms. The van der Waals surface area contributed by atoms with E-state index in [0.717, 1.165) is 18.7 Å². The first-order valence-electron chi connectivity index (χ1n) is 10.00. The van der Waals surface area contributed by atoms with Crippen LogP contribution in [0.4, 0.5) is 4.79 Å². The number of carbonyl (C=O) groups excluding carboxylic acids is 2. The molecule has 2 aromatic rings. The number of aromatic nitrogens is 3. The highest BCUT2D eigenvalue weighted by atomic mass is 16.2. The van der Waals surface area contributed by atoms with Crippen molar-refractivity contribution in [2.75, 3.05) is 26.2 Å². The number of rotatable bonds is 3. The molecule has 0 aromatic carbocycles. The number of carbonyl (C=O) groups is 2. The van der Waals surface area contributed by atoms with Crippen molar-refractivity contribution in [1.29, 1.82) is 0 Å². The molecule has 0 spiro atoms. The molecule has 0 bridgehead atoms. The lowest BCUT2D eigenvalue weighted by atomic mass is 9.96. The van der Waals surface area contributed by atoms with Crippen molar-refractivity contribution >= 4 is 11.9 Å². The summed E-state index contributed by atoms with van der Waals surface area (Å²) in [7, 11) is 0. The number of hydrogen-bond donors (Lipinski definition) is 1. The second kappa shape index (κ2) is 8.41. The highest BCUT2D eigenvalue weighted by Crippen LogP contribution is 2.18. The summed E-state index contributed by atoms with van der Waals surface area (Å²) >= 11 is 0. The van der Waals surface area contributed by atoms with Gasteiger partial charge in [-0.15, -0.1) is 0 Å². The third kappa shape index (κ3) is 4.16. The molecule has 8 nitrogen and oxygen atoms in total. The number of pyridine rings is 1. The SMILES string of the molecule is O=C(NC1CCCCC1)N1CCN(C(=O)c2ccc(-n3ccnc3)nc2)CC1. The van der Waals surface area contributed by atoms with Gasteiger partial charge in [-0.1, -0.05) is 19.3 Å². The molecule has 2 aliphatic rings. The van der Waals surface area contributed by atoms with E-state index in [1.807, 2.05) is 11.0 Å². The topological polar surface area (TPSA) is 83.4 Å². The van der Waals surface area contributed by atoms with Gasteiger partial charge in [-0.05, 0) is 25.0 Å². The average Bonchev–Trinajstić information content (AvgIpc) is 3.29. The predicted octanol–water partition coefficient (Wildman–Crippen LogP) is 2.07. The molecule has 3 amide bonds. The minimum atomic E-state index is -0.0444. The Bertz CT molecular complexity index is 791. The molecule has 1 aliphatic carbocycles. The van der Waals surface area contributed by atoms with Crippen LogP contribution in [0, 0.1) is 0 Å². The maximum atomic E-state index is 12.7. The van der Waals surface area contributed by atoms with Gasteiger partial charge < -0.3 is 15.1 Å². The van der Waals surface area contributed by atoms with Crippen LogP contribution < -0.4 is 5.32 Å². The number of nitrogens with one attached hydrogen (secondary N) is 1. The third-order valence-electron chi connectivity index (χ3n) is 5.55. The number of amides is 3. The number of imidazole rings is 1. The number of nitrogens with zero attached hydrogens (tertiary/aromatic N) is 5. The molecule has 1 N–H and O–H groups in total. The molecule has 1 aliphatic heterocycles. The third-order valence-corrected chi connectivity index (χ3v) is 5.55. The van der Waals surface area contributed by atoms with Gasteiger partial charge in [0, 0.05) is 50.8 Å². The zero-order chi connectivity index (χ0) is 19.3. The Morgan fingerprint density at radius 2 is 1.75 bits per heavy atom. The summed E-state index contributed by atoms with van der Waals surface area (Å²) < 4.78 is 1.79. The van der Waals surface area contributed by atoms with Gasteiger partial charge in [0.25, 0.3) is 5.91 Å². The molecule has 4 rings (SSSR count). The molecular weight excluding hydrogens is 356 g/mol. The zero-order valence-corrected chi connectivity index (χ0v) is 16.0. The second-order valence-corrected chi connectivity index (χ2v) is 7.44. The monoisotopic (exact) mass is 382 g/mol. The van der Waals surface area contributed by atoms with Crippen LogP contribution in [0.15, 0.2) is 37.1 Å². The largest absolute Gasteiger partial charge is 0.335 e. The standard InChI is InChI=1S/C20H26N6O2/c27-19(16-6-7-18(22-14-16)26-9-8-21-15-26)24-10-12-25(13-11-24)20(28)23-17-4-2-1-3-5-17/h6-9,14-15,17H,1-5,10-13H2,(H,23,28). The highest BCUT2D eigenvalue weighted by molar-refractivity contribution is 5.94. The van der Waals surface area contributed by atoms with Gasteiger partial charge in [-0.2, -0.15) is 0 Å². The van der Waals surface area contributed by atoms with Crippen LogP contribution in [0.5, 0.6) is 0 Å². The van der Waals surface area contributed by atoms with Crippen molar-refractivity contribution < 1.29 is 9.59 Å². The van der Waals surface area contributed by atoms with E-state index in [9.17, 15) is 9.59 Å². The number of urea groups is 1. The van der Waals surface area contributed by atoms with Gasteiger partial charge in [0.1, 0.15) is 12.1 Å². The summed E-state index contributed by atoms with van der Waals surface area (Å²) in [5.74, 6) is 0.676. The minimum Gasteiger partial charge on any atom is -0.335 e. The molecule has 0 unspecified atom stereocenters. The second-order valence-electron chi connectivity index (χ2n) is 7.44. The van der Waals surface area contributed by atoms with Crippen molar-refractivity contribution in [3.63, 3.8) is 0 Å². The van der Waals surface area contributed by atoms with Gasteiger partial charge in [-0.25, -0.2) is 14.8 Å². The Kier molecular flexibility index (Phi) is 5.55. The smallest absolute Gasteiger partial charge is 0.317 e. The first kappa shape index (κ1) is 18.5. The van der Waals surface area contributed by atoms with Crippen molar-refractivity contribution in [2.24, 2.45) is 0 Å². The van der Waals surface area contributed by atoms with Gasteiger partial charge in [-0.3, -0.25) is 9.36 Å². The van der Waals surface area contributed by atoms with Crippen molar-refractivity contribution in [1.82, 2.24) is 29.7 Å². The van der Waals surface area contributed by atoms with Crippen molar-refractivity contribution in [2.45, 2.75) is 38.1 Å². The average molecular weight is 382 g/mol. The van der Waals surface area contributed by atoms with E-state index in [2.05, 4.69) is 15.3 Å². The van der Waals surface area contributed by atoms with E-state index in [1.165, 1.54) is 19.3 Å². The van der Waals surface area contributed by atoms with E-state index >= 15 is 0 Å². The molecule has 2 fully saturated rings. The summed E-state index contributed by atoms with van der Waals surface area (Å²) in [6.07, 6.45) is 12.6. The fourth-order valence-electron chi connectivity index (χ4n) is 3.87. The highest BCUT2D eigenvalue weighted by Gasteiger charge is 2.26. The van der Waals surface area contributed by atoms with Crippen molar-refractivity contribution in [3.05, 3.63) is 42.6 Å². The molecule has 1 saturated heterocycles. The molecule has 1 saturated carbocycles. The summed E-state index contributed by atoms with van der Waals surface area (Å²) in [4.78, 5) is 37.1.